The number of carbonyl (C=O) groups excluding carboxylic acids is 2. The van der Waals surface area contributed by atoms with Gasteiger partial charge in [-0.15, -0.1) is 0 Å². The minimum Gasteiger partial charge on any atom is -0.497 e. The zero-order chi connectivity index (χ0) is 25.6. The van der Waals surface area contributed by atoms with Crippen molar-refractivity contribution in [3.63, 3.8) is 0 Å². The highest BCUT2D eigenvalue weighted by Gasteiger charge is 2.51. The topological polar surface area (TPSA) is 74.8 Å². The van der Waals surface area contributed by atoms with E-state index in [1.165, 1.54) is 6.42 Å². The Balaban J connectivity index is 1.71. The summed E-state index contributed by atoms with van der Waals surface area (Å²) in [6.07, 6.45) is 5.25. The number of rotatable bonds is 6. The number of H-pyrrole nitrogens is 1. The third-order valence-corrected chi connectivity index (χ3v) is 7.97. The maximum absolute atomic E-state index is 14.3. The van der Waals surface area contributed by atoms with Crippen molar-refractivity contribution in [1.29, 1.82) is 0 Å². The Morgan fingerprint density at radius 1 is 1.14 bits per heavy atom. The molecule has 1 fully saturated rings. The summed E-state index contributed by atoms with van der Waals surface area (Å²) in [5, 5.41) is 8.10. The van der Waals surface area contributed by atoms with Gasteiger partial charge in [-0.3, -0.25) is 9.59 Å². The molecule has 6 nitrogen and oxygen atoms in total. The zero-order valence-corrected chi connectivity index (χ0v) is 22.0. The highest BCUT2D eigenvalue weighted by molar-refractivity contribution is 6.31. The first-order valence-corrected chi connectivity index (χ1v) is 13.0. The van der Waals surface area contributed by atoms with E-state index in [0.717, 1.165) is 47.8 Å². The van der Waals surface area contributed by atoms with Gasteiger partial charge in [0.1, 0.15) is 5.75 Å². The number of nitrogens with zero attached hydrogens (tertiary/aromatic N) is 2. The summed E-state index contributed by atoms with van der Waals surface area (Å²) in [4.78, 5) is 31.4. The average molecular weight is 506 g/mol. The van der Waals surface area contributed by atoms with Crippen LogP contribution in [0.15, 0.2) is 47.6 Å². The normalized spacial score (nSPS) is 19.0. The Hall–Kier alpha value is -3.12. The fourth-order valence-corrected chi connectivity index (χ4v) is 5.80. The van der Waals surface area contributed by atoms with E-state index in [1.54, 1.807) is 36.4 Å². The van der Waals surface area contributed by atoms with Crippen LogP contribution in [-0.4, -0.2) is 40.5 Å². The van der Waals surface area contributed by atoms with Gasteiger partial charge in [-0.1, -0.05) is 30.9 Å². The van der Waals surface area contributed by atoms with Crippen molar-refractivity contribution in [3.05, 3.63) is 64.3 Å². The monoisotopic (exact) mass is 505 g/mol. The lowest BCUT2D eigenvalue weighted by molar-refractivity contribution is -0.137. The van der Waals surface area contributed by atoms with E-state index in [-0.39, 0.29) is 17.7 Å². The van der Waals surface area contributed by atoms with Gasteiger partial charge in [0.05, 0.1) is 30.2 Å². The van der Waals surface area contributed by atoms with Gasteiger partial charge in [-0.25, -0.2) is 5.01 Å². The molecule has 0 radical (unpaired) electrons. The molecule has 5 rings (SSSR count). The second kappa shape index (κ2) is 9.40. The second-order valence-electron chi connectivity index (χ2n) is 10.4. The van der Waals surface area contributed by atoms with E-state index in [2.05, 4.69) is 4.98 Å². The third kappa shape index (κ3) is 4.11. The fourth-order valence-electron chi connectivity index (χ4n) is 5.67. The lowest BCUT2D eigenvalue weighted by Crippen LogP contribution is -2.42. The molecule has 1 amide bonds. The van der Waals surface area contributed by atoms with Crippen LogP contribution in [0.25, 0.3) is 10.9 Å². The van der Waals surface area contributed by atoms with Crippen molar-refractivity contribution in [1.82, 2.24) is 9.99 Å². The highest BCUT2D eigenvalue weighted by atomic mass is 35.5. The van der Waals surface area contributed by atoms with Crippen molar-refractivity contribution in [2.45, 2.75) is 64.8 Å². The molecular weight excluding hydrogens is 474 g/mol. The van der Waals surface area contributed by atoms with Crippen LogP contribution >= 0.6 is 11.6 Å². The first kappa shape index (κ1) is 24.6. The van der Waals surface area contributed by atoms with Crippen LogP contribution in [0.1, 0.15) is 73.5 Å². The van der Waals surface area contributed by atoms with Gasteiger partial charge in [0, 0.05) is 27.2 Å². The number of hydrogen-bond acceptors (Lipinski definition) is 4. The molecule has 36 heavy (non-hydrogen) atoms. The Labute approximate surface area is 216 Å². The number of aromatic amines is 1. The molecule has 1 N–H and O–H groups in total. The summed E-state index contributed by atoms with van der Waals surface area (Å²) in [5.41, 5.74) is 2.80. The molecular formula is C29H32ClN3O3. The van der Waals surface area contributed by atoms with E-state index in [9.17, 15) is 9.59 Å². The van der Waals surface area contributed by atoms with Crippen LogP contribution in [0.5, 0.6) is 5.75 Å². The van der Waals surface area contributed by atoms with Gasteiger partial charge in [0.2, 0.25) is 0 Å². The Morgan fingerprint density at radius 3 is 2.50 bits per heavy atom. The zero-order valence-electron chi connectivity index (χ0n) is 21.2. The molecule has 2 heterocycles. The molecule has 0 saturated heterocycles. The molecule has 2 aliphatic rings. The van der Waals surface area contributed by atoms with Crippen LogP contribution in [0, 0.1) is 12.3 Å². The molecule has 1 aliphatic carbocycles. The van der Waals surface area contributed by atoms with Crippen molar-refractivity contribution in [3.8, 4) is 5.75 Å². The van der Waals surface area contributed by atoms with Gasteiger partial charge in [-0.2, -0.15) is 5.10 Å². The van der Waals surface area contributed by atoms with Crippen molar-refractivity contribution in [2.24, 2.45) is 10.5 Å². The Bertz CT molecular complexity index is 1350. The van der Waals surface area contributed by atoms with Gasteiger partial charge in [0.15, 0.2) is 5.78 Å². The second-order valence-corrected chi connectivity index (χ2v) is 10.9. The quantitative estimate of drug-likeness (QED) is 0.380. The number of aryl methyl sites for hydroxylation is 1. The minimum atomic E-state index is -0.918. The SMILES string of the molecule is COc1ccc2[nH]c(C)c(C(C(=O)c3ccc(Cl)cc3)C3=NN(C4CCCCC4)C(=O)C3(C)C)c2c1. The molecule has 1 aliphatic heterocycles. The lowest BCUT2D eigenvalue weighted by Gasteiger charge is -2.29. The Morgan fingerprint density at radius 2 is 1.83 bits per heavy atom. The van der Waals surface area contributed by atoms with Gasteiger partial charge in [-0.05, 0) is 81.6 Å². The van der Waals surface area contributed by atoms with E-state index in [0.29, 0.717) is 22.0 Å². The summed E-state index contributed by atoms with van der Waals surface area (Å²) in [6, 6.07) is 12.8. The molecule has 3 aromatic rings. The molecule has 188 valence electrons. The molecule has 1 unspecified atom stereocenters. The number of ketones is 1. The van der Waals surface area contributed by atoms with Crippen molar-refractivity contribution < 1.29 is 14.3 Å². The van der Waals surface area contributed by atoms with E-state index < -0.39 is 11.3 Å². The van der Waals surface area contributed by atoms with Gasteiger partial charge in [0.25, 0.3) is 5.91 Å². The lowest BCUT2D eigenvalue weighted by atomic mass is 9.74. The van der Waals surface area contributed by atoms with Gasteiger partial charge < -0.3 is 9.72 Å². The molecule has 1 saturated carbocycles. The van der Waals surface area contributed by atoms with Gasteiger partial charge >= 0.3 is 0 Å². The first-order valence-electron chi connectivity index (χ1n) is 12.6. The summed E-state index contributed by atoms with van der Waals surface area (Å²) in [6.45, 7) is 5.75. The number of halogens is 1. The molecule has 0 spiro atoms. The molecule has 2 aromatic carbocycles. The average Bonchev–Trinajstić information content (AvgIpc) is 3.32. The number of methoxy groups -OCH3 is 1. The molecule has 0 bridgehead atoms. The predicted octanol–water partition coefficient (Wildman–Crippen LogP) is 6.66. The van der Waals surface area contributed by atoms with E-state index >= 15 is 0 Å². The first-order chi connectivity index (χ1) is 17.2. The highest BCUT2D eigenvalue weighted by Crippen LogP contribution is 2.43. The smallest absolute Gasteiger partial charge is 0.254 e. The van der Waals surface area contributed by atoms with Crippen LogP contribution in [0.4, 0.5) is 0 Å². The summed E-state index contributed by atoms with van der Waals surface area (Å²) < 4.78 is 5.50. The summed E-state index contributed by atoms with van der Waals surface area (Å²) in [5.74, 6) is -0.176. The number of carbonyl (C=O) groups is 2. The van der Waals surface area contributed by atoms with E-state index in [1.807, 2.05) is 39.0 Å². The molecule has 7 heteroatoms. The largest absolute Gasteiger partial charge is 0.497 e. The third-order valence-electron chi connectivity index (χ3n) is 7.72. The van der Waals surface area contributed by atoms with Crippen LogP contribution in [0.3, 0.4) is 0 Å². The molecule has 1 aromatic heterocycles. The predicted molar refractivity (Wildman–Crippen MR) is 143 cm³/mol. The Kier molecular flexibility index (Phi) is 6.41. The number of aromatic nitrogens is 1. The number of hydrazone groups is 1. The van der Waals surface area contributed by atoms with Crippen LogP contribution in [0.2, 0.25) is 5.02 Å². The number of hydrogen-bond donors (Lipinski definition) is 1. The molecule has 1 atom stereocenters. The number of ether oxygens (including phenoxy) is 1. The van der Waals surface area contributed by atoms with Crippen molar-refractivity contribution >= 4 is 39.9 Å². The summed E-state index contributed by atoms with van der Waals surface area (Å²) >= 11 is 6.12. The van der Waals surface area contributed by atoms with Crippen LogP contribution < -0.4 is 4.74 Å². The van der Waals surface area contributed by atoms with Crippen LogP contribution in [-0.2, 0) is 4.79 Å². The number of benzene rings is 2. The number of amides is 1. The minimum absolute atomic E-state index is 0.0339. The number of fused-ring (bicyclic) bond motifs is 1. The summed E-state index contributed by atoms with van der Waals surface area (Å²) in [7, 11) is 1.63. The number of nitrogens with one attached hydrogen (secondary N) is 1. The maximum atomic E-state index is 14.3. The van der Waals surface area contributed by atoms with E-state index in [4.69, 9.17) is 21.4 Å². The number of Topliss-reactive ketones (excluding diaryl/α,β-unsaturated/α-hetero) is 1. The standard InChI is InChI=1S/C29H32ClN3O3/c1-17-24(22-16-21(36-4)14-15-23(22)31-17)25(26(34)18-10-12-19(30)13-11-18)27-29(2,3)28(35)33(32-27)20-8-6-5-7-9-20/h10-16,20,25,31H,5-9H2,1-4H3. The fraction of sp³-hybridized carbons (Fsp3) is 0.414. The maximum Gasteiger partial charge on any atom is 0.254 e. The van der Waals surface area contributed by atoms with Crippen molar-refractivity contribution in [2.75, 3.05) is 7.11 Å².